The Morgan fingerprint density at radius 1 is 1.28 bits per heavy atom. The number of carbonyl (C=O) groups is 1. The van der Waals surface area contributed by atoms with Gasteiger partial charge in [0, 0.05) is 18.0 Å². The van der Waals surface area contributed by atoms with Crippen molar-refractivity contribution in [1.82, 2.24) is 19.7 Å². The van der Waals surface area contributed by atoms with Crippen LogP contribution in [0.15, 0.2) is 24.7 Å². The lowest BCUT2D eigenvalue weighted by atomic mass is 10.2. The van der Waals surface area contributed by atoms with E-state index in [2.05, 4.69) is 15.1 Å². The normalized spacial score (nSPS) is 11.5. The summed E-state index contributed by atoms with van der Waals surface area (Å²) >= 11 is 0. The smallest absolute Gasteiger partial charge is 0.434 e. The monoisotopic (exact) mass is 257 g/mol. The van der Waals surface area contributed by atoms with Crippen LogP contribution < -0.4 is 5.11 Å². The third-order valence-electron chi connectivity index (χ3n) is 2.00. The molecule has 0 unspecified atom stereocenters. The van der Waals surface area contributed by atoms with Crippen LogP contribution in [-0.2, 0) is 6.18 Å². The third-order valence-corrected chi connectivity index (χ3v) is 2.00. The SMILES string of the molecule is O=C([O-])c1cnn(-c2ncccn2)c1C(F)(F)F. The Kier molecular flexibility index (Phi) is 2.73. The molecule has 0 spiro atoms. The third kappa shape index (κ3) is 2.01. The lowest BCUT2D eigenvalue weighted by Gasteiger charge is -2.11. The number of halogens is 3. The number of aromatic nitrogens is 4. The van der Waals surface area contributed by atoms with E-state index in [1.165, 1.54) is 18.5 Å². The number of carboxylic acid groups (broad SMARTS) is 1. The molecule has 94 valence electrons. The zero-order valence-electron chi connectivity index (χ0n) is 8.55. The highest BCUT2D eigenvalue weighted by atomic mass is 19.4. The summed E-state index contributed by atoms with van der Waals surface area (Å²) in [4.78, 5) is 17.8. The standard InChI is InChI=1S/C9H5F3N4O2/c10-9(11,12)6-5(7(17)18)4-15-16(6)8-13-2-1-3-14-8/h1-4H,(H,17,18)/p-1. The molecule has 0 aliphatic rings. The zero-order valence-corrected chi connectivity index (χ0v) is 8.55. The second-order valence-electron chi connectivity index (χ2n) is 3.15. The molecule has 2 rings (SSSR count). The molecule has 2 aromatic heterocycles. The first-order valence-electron chi connectivity index (χ1n) is 4.55. The molecule has 0 amide bonds. The van der Waals surface area contributed by atoms with E-state index in [0.717, 1.165) is 0 Å². The maximum atomic E-state index is 12.8. The van der Waals surface area contributed by atoms with Crippen LogP contribution in [0.3, 0.4) is 0 Å². The van der Waals surface area contributed by atoms with Crippen LogP contribution in [0.25, 0.3) is 5.95 Å². The Morgan fingerprint density at radius 3 is 2.39 bits per heavy atom. The van der Waals surface area contributed by atoms with E-state index < -0.39 is 23.4 Å². The fraction of sp³-hybridized carbons (Fsp3) is 0.111. The second kappa shape index (κ2) is 4.09. The van der Waals surface area contributed by atoms with Gasteiger partial charge in [-0.2, -0.15) is 23.0 Å². The van der Waals surface area contributed by atoms with Gasteiger partial charge in [-0.25, -0.2) is 9.97 Å². The molecule has 2 aromatic rings. The van der Waals surface area contributed by atoms with Gasteiger partial charge in [0.15, 0.2) is 5.69 Å². The molecule has 0 atom stereocenters. The molecular formula is C9H4F3N4O2-. The minimum Gasteiger partial charge on any atom is -0.545 e. The molecule has 0 aliphatic heterocycles. The molecule has 0 saturated carbocycles. The molecule has 0 saturated heterocycles. The fourth-order valence-electron chi connectivity index (χ4n) is 1.32. The van der Waals surface area contributed by atoms with Gasteiger partial charge >= 0.3 is 6.18 Å². The molecule has 0 aliphatic carbocycles. The summed E-state index contributed by atoms with van der Waals surface area (Å²) in [6.07, 6.45) is -1.94. The van der Waals surface area contributed by atoms with Crippen molar-refractivity contribution in [3.8, 4) is 5.95 Å². The van der Waals surface area contributed by atoms with Crippen molar-refractivity contribution < 1.29 is 23.1 Å². The van der Waals surface area contributed by atoms with Gasteiger partial charge in [-0.15, -0.1) is 0 Å². The van der Waals surface area contributed by atoms with Crippen LogP contribution in [0, 0.1) is 0 Å². The van der Waals surface area contributed by atoms with Gasteiger partial charge in [-0.05, 0) is 6.07 Å². The first-order chi connectivity index (χ1) is 8.41. The highest BCUT2D eigenvalue weighted by Crippen LogP contribution is 2.32. The zero-order chi connectivity index (χ0) is 13.3. The van der Waals surface area contributed by atoms with Crippen LogP contribution in [-0.4, -0.2) is 25.7 Å². The van der Waals surface area contributed by atoms with Gasteiger partial charge in [0.1, 0.15) is 0 Å². The maximum absolute atomic E-state index is 12.8. The first kappa shape index (κ1) is 12.0. The predicted molar refractivity (Wildman–Crippen MR) is 48.5 cm³/mol. The van der Waals surface area contributed by atoms with E-state index in [-0.39, 0.29) is 5.95 Å². The Morgan fingerprint density at radius 2 is 1.89 bits per heavy atom. The van der Waals surface area contributed by atoms with E-state index in [1.54, 1.807) is 0 Å². The van der Waals surface area contributed by atoms with Crippen LogP contribution in [0.5, 0.6) is 0 Å². The van der Waals surface area contributed by atoms with E-state index >= 15 is 0 Å². The van der Waals surface area contributed by atoms with Crippen molar-refractivity contribution in [2.45, 2.75) is 6.18 Å². The molecule has 0 N–H and O–H groups in total. The van der Waals surface area contributed by atoms with Gasteiger partial charge in [0.25, 0.3) is 5.95 Å². The number of hydrogen-bond acceptors (Lipinski definition) is 5. The second-order valence-corrected chi connectivity index (χ2v) is 3.15. The summed E-state index contributed by atoms with van der Waals surface area (Å²) in [5.41, 5.74) is -2.54. The van der Waals surface area contributed by atoms with Crippen LogP contribution in [0.2, 0.25) is 0 Å². The summed E-state index contributed by atoms with van der Waals surface area (Å²) in [6, 6.07) is 1.40. The average molecular weight is 257 g/mol. The van der Waals surface area contributed by atoms with Crippen molar-refractivity contribution in [2.24, 2.45) is 0 Å². The van der Waals surface area contributed by atoms with Crippen LogP contribution in [0.1, 0.15) is 16.1 Å². The minimum atomic E-state index is -4.91. The van der Waals surface area contributed by atoms with E-state index in [0.29, 0.717) is 10.9 Å². The highest BCUT2D eigenvalue weighted by molar-refractivity contribution is 5.87. The van der Waals surface area contributed by atoms with E-state index in [9.17, 15) is 23.1 Å². The van der Waals surface area contributed by atoms with Crippen LogP contribution in [0.4, 0.5) is 13.2 Å². The van der Waals surface area contributed by atoms with E-state index in [1.807, 2.05) is 0 Å². The van der Waals surface area contributed by atoms with Gasteiger partial charge in [0.05, 0.1) is 12.2 Å². The molecule has 2 heterocycles. The van der Waals surface area contributed by atoms with Crippen molar-refractivity contribution in [3.63, 3.8) is 0 Å². The topological polar surface area (TPSA) is 83.7 Å². The average Bonchev–Trinajstić information content (AvgIpc) is 2.74. The molecule has 0 bridgehead atoms. The van der Waals surface area contributed by atoms with Crippen molar-refractivity contribution in [2.75, 3.05) is 0 Å². The summed E-state index contributed by atoms with van der Waals surface area (Å²) in [7, 11) is 0. The van der Waals surface area contributed by atoms with Crippen molar-refractivity contribution in [1.29, 1.82) is 0 Å². The van der Waals surface area contributed by atoms with Gasteiger partial charge < -0.3 is 9.90 Å². The summed E-state index contributed by atoms with van der Waals surface area (Å²) < 4.78 is 38.7. The van der Waals surface area contributed by atoms with Crippen molar-refractivity contribution in [3.05, 3.63) is 35.9 Å². The Balaban J connectivity index is 2.67. The van der Waals surface area contributed by atoms with Gasteiger partial charge in [-0.3, -0.25) is 0 Å². The number of hydrogen-bond donors (Lipinski definition) is 0. The Bertz CT molecular complexity index is 579. The summed E-state index contributed by atoms with van der Waals surface area (Å²) in [6.45, 7) is 0. The quantitative estimate of drug-likeness (QED) is 0.758. The first-order valence-corrected chi connectivity index (χ1v) is 4.55. The Labute approximate surface area is 97.7 Å². The maximum Gasteiger partial charge on any atom is 0.434 e. The lowest BCUT2D eigenvalue weighted by molar-refractivity contribution is -0.255. The number of alkyl halides is 3. The molecular weight excluding hydrogens is 253 g/mol. The fourth-order valence-corrected chi connectivity index (χ4v) is 1.32. The molecule has 6 nitrogen and oxygen atoms in total. The molecule has 0 aromatic carbocycles. The predicted octanol–water partition coefficient (Wildman–Crippen LogP) is 0.0446. The molecule has 0 fully saturated rings. The molecule has 18 heavy (non-hydrogen) atoms. The van der Waals surface area contributed by atoms with Crippen molar-refractivity contribution >= 4 is 5.97 Å². The number of nitrogens with zero attached hydrogens (tertiary/aromatic N) is 4. The highest BCUT2D eigenvalue weighted by Gasteiger charge is 2.39. The summed E-state index contributed by atoms with van der Waals surface area (Å²) in [5.74, 6) is -2.35. The van der Waals surface area contributed by atoms with Gasteiger partial charge in [0.2, 0.25) is 0 Å². The van der Waals surface area contributed by atoms with E-state index in [4.69, 9.17) is 0 Å². The minimum absolute atomic E-state index is 0.311. The number of rotatable bonds is 2. The number of carboxylic acids is 1. The molecule has 0 radical (unpaired) electrons. The number of aromatic carboxylic acids is 1. The number of carbonyl (C=O) groups excluding carboxylic acids is 1. The lowest BCUT2D eigenvalue weighted by Crippen LogP contribution is -2.26. The van der Waals surface area contributed by atoms with Crippen LogP contribution >= 0.6 is 0 Å². The Hall–Kier alpha value is -2.45. The molecule has 9 heteroatoms. The largest absolute Gasteiger partial charge is 0.545 e. The van der Waals surface area contributed by atoms with Gasteiger partial charge in [-0.1, -0.05) is 0 Å². The summed E-state index contributed by atoms with van der Waals surface area (Å²) in [5, 5.41) is 13.9.